The molecule has 1 aromatic heterocycles. The number of benzene rings is 3. The summed E-state index contributed by atoms with van der Waals surface area (Å²) in [6.07, 6.45) is 1.48. The Balaban J connectivity index is 1.48. The van der Waals surface area contributed by atoms with Crippen LogP contribution in [0.25, 0.3) is 5.69 Å². The van der Waals surface area contributed by atoms with E-state index in [1.54, 1.807) is 37.3 Å². The molecule has 0 aliphatic heterocycles. The van der Waals surface area contributed by atoms with Crippen LogP contribution in [-0.4, -0.2) is 31.8 Å². The van der Waals surface area contributed by atoms with Crippen molar-refractivity contribution in [1.29, 1.82) is 0 Å². The Bertz CT molecular complexity index is 1290. The van der Waals surface area contributed by atoms with Crippen LogP contribution in [0.2, 0.25) is 5.02 Å². The number of amides is 1. The Morgan fingerprint density at radius 3 is 2.76 bits per heavy atom. The molecule has 1 amide bonds. The molecule has 0 saturated heterocycles. The molecule has 0 fully saturated rings. The summed E-state index contributed by atoms with van der Waals surface area (Å²) in [6.45, 7) is 1.64. The maximum Gasteiger partial charge on any atom is 0.275 e. The summed E-state index contributed by atoms with van der Waals surface area (Å²) in [5.41, 5.74) is 5.11. The molecule has 0 unspecified atom stereocenters. The second-order valence-corrected chi connectivity index (χ2v) is 7.34. The summed E-state index contributed by atoms with van der Waals surface area (Å²) in [4.78, 5) is 12.8. The van der Waals surface area contributed by atoms with Crippen LogP contribution in [0, 0.1) is 5.82 Å². The number of hydrogen-bond donors (Lipinski definition) is 1. The minimum atomic E-state index is -0.478. The summed E-state index contributed by atoms with van der Waals surface area (Å²) < 4.78 is 21.2. The van der Waals surface area contributed by atoms with E-state index in [-0.39, 0.29) is 28.5 Å². The van der Waals surface area contributed by atoms with Crippen LogP contribution in [0.4, 0.5) is 4.39 Å². The predicted molar refractivity (Wildman–Crippen MR) is 121 cm³/mol. The first-order valence-electron chi connectivity index (χ1n) is 9.86. The number of halogens is 2. The van der Waals surface area contributed by atoms with Crippen molar-refractivity contribution in [3.8, 4) is 11.4 Å². The molecule has 8 nitrogen and oxygen atoms in total. The molecule has 4 rings (SSSR count). The molecular weight excluding hydrogens is 447 g/mol. The zero-order chi connectivity index (χ0) is 23.2. The second-order valence-electron chi connectivity index (χ2n) is 6.93. The zero-order valence-electron chi connectivity index (χ0n) is 17.4. The third-order valence-corrected chi connectivity index (χ3v) is 5.12. The third kappa shape index (κ3) is 5.21. The summed E-state index contributed by atoms with van der Waals surface area (Å²) in [5, 5.41) is 15.6. The zero-order valence-corrected chi connectivity index (χ0v) is 18.2. The van der Waals surface area contributed by atoms with E-state index in [9.17, 15) is 9.18 Å². The first-order valence-corrected chi connectivity index (χ1v) is 10.2. The van der Waals surface area contributed by atoms with Crippen LogP contribution in [0.3, 0.4) is 0 Å². The van der Waals surface area contributed by atoms with Crippen LogP contribution >= 0.6 is 11.6 Å². The Morgan fingerprint density at radius 2 is 1.97 bits per heavy atom. The quantitative estimate of drug-likeness (QED) is 0.327. The van der Waals surface area contributed by atoms with E-state index in [4.69, 9.17) is 16.3 Å². The largest absolute Gasteiger partial charge is 0.488 e. The van der Waals surface area contributed by atoms with Crippen LogP contribution in [0.5, 0.6) is 5.75 Å². The van der Waals surface area contributed by atoms with Crippen molar-refractivity contribution in [2.75, 3.05) is 0 Å². The number of tetrazole rings is 1. The van der Waals surface area contributed by atoms with Crippen molar-refractivity contribution >= 4 is 23.2 Å². The van der Waals surface area contributed by atoms with Crippen molar-refractivity contribution in [2.24, 2.45) is 5.10 Å². The van der Waals surface area contributed by atoms with Gasteiger partial charge >= 0.3 is 0 Å². The van der Waals surface area contributed by atoms with Crippen LogP contribution in [0.1, 0.15) is 28.4 Å². The van der Waals surface area contributed by atoms with Crippen LogP contribution in [0.15, 0.2) is 78.2 Å². The van der Waals surface area contributed by atoms with Gasteiger partial charge in [0.1, 0.15) is 24.5 Å². The van der Waals surface area contributed by atoms with Gasteiger partial charge in [-0.05, 0) is 59.3 Å². The summed E-state index contributed by atoms with van der Waals surface area (Å²) in [7, 11) is 0. The van der Waals surface area contributed by atoms with Gasteiger partial charge in [0.05, 0.1) is 22.0 Å². The average Bonchev–Trinajstić information content (AvgIpc) is 3.37. The minimum Gasteiger partial charge on any atom is -0.488 e. The molecule has 0 aliphatic rings. The number of aromatic nitrogens is 4. The highest BCUT2D eigenvalue weighted by Gasteiger charge is 2.14. The van der Waals surface area contributed by atoms with Gasteiger partial charge in [0.2, 0.25) is 0 Å². The van der Waals surface area contributed by atoms with E-state index in [0.29, 0.717) is 5.71 Å². The van der Waals surface area contributed by atoms with Gasteiger partial charge in [0.15, 0.2) is 0 Å². The van der Waals surface area contributed by atoms with Gasteiger partial charge in [-0.25, -0.2) is 14.5 Å². The highest BCUT2D eigenvalue weighted by atomic mass is 35.5. The summed E-state index contributed by atoms with van der Waals surface area (Å²) in [6, 6.07) is 18.4. The smallest absolute Gasteiger partial charge is 0.275 e. The van der Waals surface area contributed by atoms with Crippen molar-refractivity contribution in [1.82, 2.24) is 25.6 Å². The Morgan fingerprint density at radius 1 is 1.15 bits per heavy atom. The number of nitrogens with zero attached hydrogens (tertiary/aromatic N) is 5. The van der Waals surface area contributed by atoms with E-state index >= 15 is 0 Å². The van der Waals surface area contributed by atoms with E-state index in [1.165, 1.54) is 23.1 Å². The molecule has 1 N–H and O–H groups in total. The van der Waals surface area contributed by atoms with Gasteiger partial charge in [-0.2, -0.15) is 5.10 Å². The number of rotatable bonds is 7. The lowest BCUT2D eigenvalue weighted by Crippen LogP contribution is -2.20. The van der Waals surface area contributed by atoms with Crippen molar-refractivity contribution in [2.45, 2.75) is 13.5 Å². The molecule has 0 atom stereocenters. The number of ether oxygens (including phenoxy) is 1. The van der Waals surface area contributed by atoms with Crippen molar-refractivity contribution in [3.63, 3.8) is 0 Å². The Hall–Kier alpha value is -4.11. The van der Waals surface area contributed by atoms with Gasteiger partial charge in [-0.3, -0.25) is 4.79 Å². The highest BCUT2D eigenvalue weighted by Crippen LogP contribution is 2.24. The standard InChI is InChI=1S/C23H18ClFN6O2/c1-15(16-6-4-7-17(12-16)31-14-26-29-30-31)27-28-23(32)18-8-2-3-11-22(18)33-13-19-20(24)9-5-10-21(19)25/h2-12,14H,13H2,1H3,(H,28,32)/b27-15+. The lowest BCUT2D eigenvalue weighted by molar-refractivity contribution is 0.0950. The van der Waals surface area contributed by atoms with Crippen LogP contribution < -0.4 is 10.2 Å². The molecule has 33 heavy (non-hydrogen) atoms. The number of hydrazone groups is 1. The van der Waals surface area contributed by atoms with E-state index < -0.39 is 11.7 Å². The average molecular weight is 465 g/mol. The van der Waals surface area contributed by atoms with Gasteiger partial charge in [0.25, 0.3) is 5.91 Å². The molecule has 1 heterocycles. The predicted octanol–water partition coefficient (Wildman–Crippen LogP) is 4.19. The molecule has 0 spiro atoms. The van der Waals surface area contributed by atoms with E-state index in [0.717, 1.165) is 11.3 Å². The molecule has 0 aliphatic carbocycles. The first-order chi connectivity index (χ1) is 16.0. The minimum absolute atomic E-state index is 0.123. The maximum atomic E-state index is 14.0. The molecule has 166 valence electrons. The van der Waals surface area contributed by atoms with Gasteiger partial charge in [-0.1, -0.05) is 41.9 Å². The topological polar surface area (TPSA) is 94.3 Å². The molecule has 0 bridgehead atoms. The number of carbonyl (C=O) groups excluding carboxylic acids is 1. The molecule has 0 radical (unpaired) electrons. The van der Waals surface area contributed by atoms with Gasteiger partial charge < -0.3 is 4.74 Å². The second kappa shape index (κ2) is 10.0. The van der Waals surface area contributed by atoms with Gasteiger partial charge in [-0.15, -0.1) is 5.10 Å². The summed E-state index contributed by atoms with van der Waals surface area (Å²) in [5.74, 6) is -0.669. The number of nitrogens with one attached hydrogen (secondary N) is 1. The van der Waals surface area contributed by atoms with Gasteiger partial charge in [0, 0.05) is 5.56 Å². The maximum absolute atomic E-state index is 14.0. The van der Waals surface area contributed by atoms with Crippen LogP contribution in [-0.2, 0) is 6.61 Å². The fraction of sp³-hybridized carbons (Fsp3) is 0.0870. The molecular formula is C23H18ClFN6O2. The number of carbonyl (C=O) groups is 1. The lowest BCUT2D eigenvalue weighted by Gasteiger charge is -2.12. The molecule has 3 aromatic carbocycles. The van der Waals surface area contributed by atoms with E-state index in [2.05, 4.69) is 26.1 Å². The molecule has 0 saturated carbocycles. The normalized spacial score (nSPS) is 11.3. The van der Waals surface area contributed by atoms with Crippen molar-refractivity contribution < 1.29 is 13.9 Å². The first kappa shape index (κ1) is 22.1. The molecule has 4 aromatic rings. The fourth-order valence-electron chi connectivity index (χ4n) is 3.01. The van der Waals surface area contributed by atoms with E-state index in [1.807, 2.05) is 24.3 Å². The fourth-order valence-corrected chi connectivity index (χ4v) is 3.23. The number of para-hydroxylation sites is 1. The Kier molecular flexibility index (Phi) is 6.70. The monoisotopic (exact) mass is 464 g/mol. The third-order valence-electron chi connectivity index (χ3n) is 4.77. The summed E-state index contributed by atoms with van der Waals surface area (Å²) >= 11 is 6.06. The number of hydrogen-bond acceptors (Lipinski definition) is 6. The Labute approximate surface area is 193 Å². The van der Waals surface area contributed by atoms with Crippen molar-refractivity contribution in [3.05, 3.63) is 101 Å². The highest BCUT2D eigenvalue weighted by molar-refractivity contribution is 6.31. The SMILES string of the molecule is C/C(=N\NC(=O)c1ccccc1OCc1c(F)cccc1Cl)c1cccc(-n2cnnn2)c1. The molecule has 10 heteroatoms. The lowest BCUT2D eigenvalue weighted by atomic mass is 10.1.